The van der Waals surface area contributed by atoms with E-state index in [1.807, 2.05) is 6.07 Å². The average Bonchev–Trinajstić information content (AvgIpc) is 3.13. The highest BCUT2D eigenvalue weighted by Gasteiger charge is 2.23. The summed E-state index contributed by atoms with van der Waals surface area (Å²) >= 11 is 11.7. The predicted molar refractivity (Wildman–Crippen MR) is 71.4 cm³/mol. The third kappa shape index (κ3) is 3.10. The van der Waals surface area contributed by atoms with Gasteiger partial charge >= 0.3 is 0 Å². The molecule has 3 nitrogen and oxygen atoms in total. The fourth-order valence-electron chi connectivity index (χ4n) is 1.45. The highest BCUT2D eigenvalue weighted by molar-refractivity contribution is 6.37. The lowest BCUT2D eigenvalue weighted by Gasteiger charge is -2.05. The van der Waals surface area contributed by atoms with Gasteiger partial charge in [-0.15, -0.1) is 0 Å². The summed E-state index contributed by atoms with van der Waals surface area (Å²) in [5.41, 5.74) is 0.301. The van der Waals surface area contributed by atoms with Crippen LogP contribution in [-0.4, -0.2) is 18.0 Å². The van der Waals surface area contributed by atoms with Crippen LogP contribution in [0.5, 0.6) is 0 Å². The fourth-order valence-corrected chi connectivity index (χ4v) is 1.95. The standard InChI is InChI=1S/C13H10Cl2N2O/c14-9-1-4-11(12(15)5-9)13(18)8(6-16)7-17-10-2-3-10/h1,4-5,7-8,10H,2-3H2. The van der Waals surface area contributed by atoms with E-state index >= 15 is 0 Å². The summed E-state index contributed by atoms with van der Waals surface area (Å²) in [6.07, 6.45) is 3.49. The van der Waals surface area contributed by atoms with Crippen LogP contribution in [0.2, 0.25) is 10.0 Å². The molecule has 1 atom stereocenters. The van der Waals surface area contributed by atoms with E-state index in [1.54, 1.807) is 6.07 Å². The number of benzene rings is 1. The zero-order chi connectivity index (χ0) is 13.1. The molecular weight excluding hydrogens is 271 g/mol. The molecule has 1 aromatic carbocycles. The van der Waals surface area contributed by atoms with Crippen LogP contribution in [0.25, 0.3) is 0 Å². The van der Waals surface area contributed by atoms with Crippen molar-refractivity contribution in [1.82, 2.24) is 0 Å². The molecule has 1 aromatic rings. The maximum absolute atomic E-state index is 12.1. The van der Waals surface area contributed by atoms with Crippen molar-refractivity contribution in [3.63, 3.8) is 0 Å². The summed E-state index contributed by atoms with van der Waals surface area (Å²) in [5.74, 6) is -1.23. The molecule has 0 spiro atoms. The molecule has 0 aliphatic heterocycles. The van der Waals surface area contributed by atoms with Gasteiger partial charge in [0.25, 0.3) is 0 Å². The smallest absolute Gasteiger partial charge is 0.186 e. The Labute approximate surface area is 115 Å². The number of Topliss-reactive ketones (excluding diaryl/α,β-unsaturated/α-hetero) is 1. The van der Waals surface area contributed by atoms with E-state index in [9.17, 15) is 4.79 Å². The molecule has 0 aromatic heterocycles. The highest BCUT2D eigenvalue weighted by atomic mass is 35.5. The van der Waals surface area contributed by atoms with Crippen molar-refractivity contribution in [3.05, 3.63) is 33.8 Å². The van der Waals surface area contributed by atoms with Crippen molar-refractivity contribution in [2.24, 2.45) is 10.9 Å². The van der Waals surface area contributed by atoms with Crippen LogP contribution in [0.15, 0.2) is 23.2 Å². The maximum atomic E-state index is 12.1. The van der Waals surface area contributed by atoms with Crippen molar-refractivity contribution in [1.29, 1.82) is 5.26 Å². The number of halogens is 2. The minimum absolute atomic E-state index is 0.257. The third-order valence-electron chi connectivity index (χ3n) is 2.61. The second-order valence-electron chi connectivity index (χ2n) is 4.12. The second kappa shape index (κ2) is 5.51. The first-order valence-electron chi connectivity index (χ1n) is 5.54. The quantitative estimate of drug-likeness (QED) is 0.626. The predicted octanol–water partition coefficient (Wildman–Crippen LogP) is 3.55. The van der Waals surface area contributed by atoms with E-state index in [0.717, 1.165) is 12.8 Å². The molecule has 1 aliphatic rings. The van der Waals surface area contributed by atoms with Crippen molar-refractivity contribution in [3.8, 4) is 6.07 Å². The number of nitrogens with zero attached hydrogens (tertiary/aromatic N) is 2. The van der Waals surface area contributed by atoms with E-state index in [0.29, 0.717) is 10.6 Å². The highest BCUT2D eigenvalue weighted by Crippen LogP contribution is 2.25. The molecule has 1 unspecified atom stereocenters. The zero-order valence-corrected chi connectivity index (χ0v) is 10.9. The number of hydrogen-bond donors (Lipinski definition) is 0. The van der Waals surface area contributed by atoms with E-state index < -0.39 is 5.92 Å². The number of hydrogen-bond acceptors (Lipinski definition) is 3. The van der Waals surface area contributed by atoms with Gasteiger partial charge in [-0.2, -0.15) is 5.26 Å². The average molecular weight is 281 g/mol. The first kappa shape index (κ1) is 13.1. The summed E-state index contributed by atoms with van der Waals surface area (Å²) in [5, 5.41) is 9.72. The van der Waals surface area contributed by atoms with Gasteiger partial charge in [-0.1, -0.05) is 23.2 Å². The van der Waals surface area contributed by atoms with Crippen molar-refractivity contribution < 1.29 is 4.79 Å². The van der Waals surface area contributed by atoms with Gasteiger partial charge in [0.2, 0.25) is 0 Å². The number of nitriles is 1. The molecule has 1 fully saturated rings. The molecule has 0 saturated heterocycles. The molecule has 1 aliphatic carbocycles. The van der Waals surface area contributed by atoms with Crippen LogP contribution >= 0.6 is 23.2 Å². The summed E-state index contributed by atoms with van der Waals surface area (Å²) in [4.78, 5) is 16.3. The van der Waals surface area contributed by atoms with E-state index in [-0.39, 0.29) is 16.8 Å². The Morgan fingerprint density at radius 3 is 2.78 bits per heavy atom. The third-order valence-corrected chi connectivity index (χ3v) is 3.16. The minimum atomic E-state index is -0.885. The van der Waals surface area contributed by atoms with E-state index in [1.165, 1.54) is 18.3 Å². The molecular formula is C13H10Cl2N2O. The van der Waals surface area contributed by atoms with Crippen LogP contribution in [-0.2, 0) is 0 Å². The van der Waals surface area contributed by atoms with Crippen LogP contribution in [0.4, 0.5) is 0 Å². The Bertz CT molecular complexity index is 544. The minimum Gasteiger partial charge on any atom is -0.292 e. The number of carbonyl (C=O) groups is 1. The topological polar surface area (TPSA) is 53.2 Å². The second-order valence-corrected chi connectivity index (χ2v) is 4.97. The Balaban J connectivity index is 2.20. The monoisotopic (exact) mass is 280 g/mol. The molecule has 0 N–H and O–H groups in total. The van der Waals surface area contributed by atoms with Crippen LogP contribution in [0, 0.1) is 17.2 Å². The number of rotatable bonds is 4. The van der Waals surface area contributed by atoms with Gasteiger partial charge in [-0.3, -0.25) is 9.79 Å². The first-order valence-corrected chi connectivity index (χ1v) is 6.29. The molecule has 0 radical (unpaired) electrons. The van der Waals surface area contributed by atoms with Crippen molar-refractivity contribution in [2.75, 3.05) is 0 Å². The Hall–Kier alpha value is -1.37. The molecule has 0 amide bonds. The summed E-state index contributed by atoms with van der Waals surface area (Å²) in [6.45, 7) is 0. The zero-order valence-electron chi connectivity index (χ0n) is 9.44. The normalized spacial score (nSPS) is 16.5. The lowest BCUT2D eigenvalue weighted by molar-refractivity contribution is 0.0976. The molecule has 92 valence electrons. The molecule has 0 heterocycles. The lowest BCUT2D eigenvalue weighted by atomic mass is 10.00. The molecule has 0 bridgehead atoms. The summed E-state index contributed by atoms with van der Waals surface area (Å²) < 4.78 is 0. The Morgan fingerprint density at radius 1 is 1.50 bits per heavy atom. The molecule has 5 heteroatoms. The Morgan fingerprint density at radius 2 is 2.22 bits per heavy atom. The largest absolute Gasteiger partial charge is 0.292 e. The van der Waals surface area contributed by atoms with Crippen molar-refractivity contribution in [2.45, 2.75) is 18.9 Å². The van der Waals surface area contributed by atoms with Gasteiger partial charge < -0.3 is 0 Å². The van der Waals surface area contributed by atoms with Gasteiger partial charge in [-0.25, -0.2) is 0 Å². The summed E-state index contributed by atoms with van der Waals surface area (Å²) in [6, 6.07) is 6.82. The lowest BCUT2D eigenvalue weighted by Crippen LogP contribution is -2.15. The van der Waals surface area contributed by atoms with Gasteiger partial charge in [-0.05, 0) is 31.0 Å². The van der Waals surface area contributed by atoms with Gasteiger partial charge in [0.05, 0.1) is 11.1 Å². The van der Waals surface area contributed by atoms with Crippen LogP contribution in [0.3, 0.4) is 0 Å². The fraction of sp³-hybridized carbons (Fsp3) is 0.308. The molecule has 18 heavy (non-hydrogen) atoms. The first-order chi connectivity index (χ1) is 8.61. The molecule has 2 rings (SSSR count). The maximum Gasteiger partial charge on any atom is 0.186 e. The number of carbonyl (C=O) groups excluding carboxylic acids is 1. The van der Waals surface area contributed by atoms with Crippen molar-refractivity contribution >= 4 is 35.2 Å². The molecule has 1 saturated carbocycles. The van der Waals surface area contributed by atoms with Gasteiger partial charge in [0.1, 0.15) is 5.92 Å². The Kier molecular flexibility index (Phi) is 4.00. The van der Waals surface area contributed by atoms with Gasteiger partial charge in [0.15, 0.2) is 5.78 Å². The SMILES string of the molecule is N#CC(C=NC1CC1)C(=O)c1ccc(Cl)cc1Cl. The van der Waals surface area contributed by atoms with Gasteiger partial charge in [0, 0.05) is 22.8 Å². The van der Waals surface area contributed by atoms with E-state index in [4.69, 9.17) is 28.5 Å². The summed E-state index contributed by atoms with van der Waals surface area (Å²) in [7, 11) is 0. The number of aliphatic imine (C=N–C) groups is 1. The van der Waals surface area contributed by atoms with Crippen LogP contribution in [0.1, 0.15) is 23.2 Å². The number of ketones is 1. The van der Waals surface area contributed by atoms with Crippen LogP contribution < -0.4 is 0 Å². The van der Waals surface area contributed by atoms with E-state index in [2.05, 4.69) is 4.99 Å².